The predicted molar refractivity (Wildman–Crippen MR) is 98.7 cm³/mol. The molecular formula is C19H19N3O3S. The Morgan fingerprint density at radius 1 is 1.15 bits per heavy atom. The number of nitrogens with zero attached hydrogens (tertiary/aromatic N) is 2. The number of benzene rings is 2. The number of carbonyl (C=O) groups is 1. The maximum atomic E-state index is 12.6. The Hall–Kier alpha value is -2.77. The quantitative estimate of drug-likeness (QED) is 0.677. The molecule has 0 radical (unpaired) electrons. The summed E-state index contributed by atoms with van der Waals surface area (Å²) in [5.74, 6) is -0.176. The van der Waals surface area contributed by atoms with Gasteiger partial charge in [-0.05, 0) is 43.7 Å². The molecule has 7 heteroatoms. The zero-order valence-electron chi connectivity index (χ0n) is 14.5. The van der Waals surface area contributed by atoms with Crippen LogP contribution in [-0.2, 0) is 10.0 Å². The van der Waals surface area contributed by atoms with Crippen molar-refractivity contribution in [3.8, 4) is 5.69 Å². The second-order valence-electron chi connectivity index (χ2n) is 5.99. The summed E-state index contributed by atoms with van der Waals surface area (Å²) in [5.41, 5.74) is 2.14. The lowest BCUT2D eigenvalue weighted by Gasteiger charge is -2.15. The third kappa shape index (κ3) is 3.89. The van der Waals surface area contributed by atoms with Crippen molar-refractivity contribution < 1.29 is 13.2 Å². The Labute approximate surface area is 152 Å². The predicted octanol–water partition coefficient (Wildman–Crippen LogP) is 3.11. The van der Waals surface area contributed by atoms with Crippen LogP contribution in [0.4, 0.5) is 0 Å². The first-order valence-corrected chi connectivity index (χ1v) is 9.57. The molecule has 26 heavy (non-hydrogen) atoms. The van der Waals surface area contributed by atoms with E-state index in [4.69, 9.17) is 0 Å². The fourth-order valence-corrected chi connectivity index (χ4v) is 3.88. The van der Waals surface area contributed by atoms with E-state index in [0.717, 1.165) is 11.3 Å². The number of rotatable bonds is 6. The molecule has 0 aliphatic carbocycles. The van der Waals surface area contributed by atoms with Gasteiger partial charge in [0, 0.05) is 29.7 Å². The normalized spacial score (nSPS) is 12.7. The van der Waals surface area contributed by atoms with Crippen molar-refractivity contribution in [2.75, 3.05) is 0 Å². The van der Waals surface area contributed by atoms with Crippen molar-refractivity contribution in [2.45, 2.75) is 24.8 Å². The highest BCUT2D eigenvalue weighted by molar-refractivity contribution is 7.89. The Morgan fingerprint density at radius 3 is 2.50 bits per heavy atom. The number of hydrogen-bond donors (Lipinski definition) is 1. The molecule has 3 aromatic rings. The number of ketones is 1. The topological polar surface area (TPSA) is 81.1 Å². The van der Waals surface area contributed by atoms with E-state index in [0.29, 0.717) is 5.56 Å². The first-order valence-electron chi connectivity index (χ1n) is 8.08. The second-order valence-corrected chi connectivity index (χ2v) is 7.70. The Morgan fingerprint density at radius 2 is 1.88 bits per heavy atom. The summed E-state index contributed by atoms with van der Waals surface area (Å²) in [4.78, 5) is 15.6. The molecule has 0 unspecified atom stereocenters. The van der Waals surface area contributed by atoms with E-state index >= 15 is 0 Å². The molecule has 0 fully saturated rings. The second kappa shape index (κ2) is 7.23. The van der Waals surface area contributed by atoms with Crippen molar-refractivity contribution in [3.05, 3.63) is 78.4 Å². The molecule has 0 saturated heterocycles. The van der Waals surface area contributed by atoms with Gasteiger partial charge in [0.25, 0.3) is 0 Å². The largest absolute Gasteiger partial charge is 0.306 e. The van der Waals surface area contributed by atoms with Crippen LogP contribution in [0.15, 0.2) is 72.1 Å². The molecule has 0 aliphatic rings. The Kier molecular flexibility index (Phi) is 5.01. The maximum Gasteiger partial charge on any atom is 0.241 e. The molecule has 0 aliphatic heterocycles. The molecule has 0 saturated carbocycles. The lowest BCUT2D eigenvalue weighted by atomic mass is 10.1. The first kappa shape index (κ1) is 18.0. The van der Waals surface area contributed by atoms with Gasteiger partial charge in [0.05, 0.1) is 11.2 Å². The SMILES string of the molecule is CC(=O)c1cccc(S(=O)(=O)N[C@@H](C)c2ccc(-n3ccnc3)cc2)c1. The van der Waals surface area contributed by atoms with Crippen LogP contribution in [0.2, 0.25) is 0 Å². The van der Waals surface area contributed by atoms with Crippen LogP contribution in [0, 0.1) is 0 Å². The number of nitrogens with one attached hydrogen (secondary N) is 1. The summed E-state index contributed by atoms with van der Waals surface area (Å²) in [6, 6.07) is 13.1. The summed E-state index contributed by atoms with van der Waals surface area (Å²) in [7, 11) is -3.73. The number of imidazole rings is 1. The molecule has 1 aromatic heterocycles. The number of hydrogen-bond acceptors (Lipinski definition) is 4. The van der Waals surface area contributed by atoms with Crippen molar-refractivity contribution in [3.63, 3.8) is 0 Å². The van der Waals surface area contributed by atoms with Crippen LogP contribution >= 0.6 is 0 Å². The van der Waals surface area contributed by atoms with Crippen LogP contribution in [0.25, 0.3) is 5.69 Å². The van der Waals surface area contributed by atoms with Gasteiger partial charge in [-0.15, -0.1) is 0 Å². The minimum absolute atomic E-state index is 0.0760. The minimum atomic E-state index is -3.73. The number of sulfonamides is 1. The van der Waals surface area contributed by atoms with Gasteiger partial charge in [-0.3, -0.25) is 4.79 Å². The maximum absolute atomic E-state index is 12.6. The van der Waals surface area contributed by atoms with Gasteiger partial charge in [-0.2, -0.15) is 0 Å². The van der Waals surface area contributed by atoms with E-state index in [9.17, 15) is 13.2 Å². The third-order valence-electron chi connectivity index (χ3n) is 4.08. The molecule has 6 nitrogen and oxygen atoms in total. The molecule has 1 N–H and O–H groups in total. The summed E-state index contributed by atoms with van der Waals surface area (Å²) in [5, 5.41) is 0. The van der Waals surface area contributed by atoms with E-state index in [1.807, 2.05) is 35.0 Å². The summed E-state index contributed by atoms with van der Waals surface area (Å²) < 4.78 is 29.7. The number of Topliss-reactive ketones (excluding diaryl/α,β-unsaturated/α-hetero) is 1. The van der Waals surface area contributed by atoms with Crippen LogP contribution in [-0.4, -0.2) is 23.8 Å². The summed E-state index contributed by atoms with van der Waals surface area (Å²) >= 11 is 0. The lowest BCUT2D eigenvalue weighted by Crippen LogP contribution is -2.27. The van der Waals surface area contributed by atoms with Crippen LogP contribution in [0.3, 0.4) is 0 Å². The highest BCUT2D eigenvalue weighted by Crippen LogP contribution is 2.19. The van der Waals surface area contributed by atoms with Gasteiger partial charge < -0.3 is 4.57 Å². The molecular weight excluding hydrogens is 350 g/mol. The average Bonchev–Trinajstić information content (AvgIpc) is 3.16. The van der Waals surface area contributed by atoms with Crippen molar-refractivity contribution in [2.24, 2.45) is 0 Å². The third-order valence-corrected chi connectivity index (χ3v) is 5.62. The van der Waals surface area contributed by atoms with Crippen molar-refractivity contribution >= 4 is 15.8 Å². The van der Waals surface area contributed by atoms with Gasteiger partial charge in [0.15, 0.2) is 5.78 Å². The highest BCUT2D eigenvalue weighted by atomic mass is 32.2. The van der Waals surface area contributed by atoms with Crippen molar-refractivity contribution in [1.82, 2.24) is 14.3 Å². The standard InChI is InChI=1S/C19H19N3O3S/c1-14(16-6-8-18(9-7-16)22-11-10-20-13-22)21-26(24,25)19-5-3-4-17(12-19)15(2)23/h3-14,21H,1-2H3/t14-/m0/s1. The van der Waals surface area contributed by atoms with Crippen LogP contribution in [0.5, 0.6) is 0 Å². The molecule has 2 aromatic carbocycles. The van der Waals surface area contributed by atoms with Crippen LogP contribution in [0.1, 0.15) is 35.8 Å². The summed E-state index contributed by atoms with van der Waals surface area (Å²) in [6.07, 6.45) is 5.23. The van der Waals surface area contributed by atoms with E-state index in [1.54, 1.807) is 31.6 Å². The van der Waals surface area contributed by atoms with Gasteiger partial charge >= 0.3 is 0 Å². The number of aromatic nitrogens is 2. The van der Waals surface area contributed by atoms with E-state index in [1.165, 1.54) is 19.1 Å². The Balaban J connectivity index is 1.79. The fraction of sp³-hybridized carbons (Fsp3) is 0.158. The molecule has 0 spiro atoms. The summed E-state index contributed by atoms with van der Waals surface area (Å²) in [6.45, 7) is 3.18. The average molecular weight is 369 g/mol. The van der Waals surface area contributed by atoms with Gasteiger partial charge in [-0.25, -0.2) is 18.1 Å². The molecule has 1 heterocycles. The zero-order valence-corrected chi connectivity index (χ0v) is 15.3. The van der Waals surface area contributed by atoms with Crippen LogP contribution < -0.4 is 4.72 Å². The molecule has 134 valence electrons. The monoisotopic (exact) mass is 369 g/mol. The molecule has 0 amide bonds. The smallest absolute Gasteiger partial charge is 0.241 e. The molecule has 0 bridgehead atoms. The lowest BCUT2D eigenvalue weighted by molar-refractivity contribution is 0.101. The Bertz CT molecular complexity index is 1010. The van der Waals surface area contributed by atoms with E-state index in [2.05, 4.69) is 9.71 Å². The molecule has 1 atom stereocenters. The van der Waals surface area contributed by atoms with Gasteiger partial charge in [0.1, 0.15) is 0 Å². The fourth-order valence-electron chi connectivity index (χ4n) is 2.60. The van der Waals surface area contributed by atoms with Gasteiger partial charge in [-0.1, -0.05) is 24.3 Å². The molecule has 3 rings (SSSR count). The highest BCUT2D eigenvalue weighted by Gasteiger charge is 2.19. The van der Waals surface area contributed by atoms with Gasteiger partial charge in [0.2, 0.25) is 10.0 Å². The minimum Gasteiger partial charge on any atom is -0.306 e. The van der Waals surface area contributed by atoms with E-state index < -0.39 is 16.1 Å². The van der Waals surface area contributed by atoms with Crippen molar-refractivity contribution in [1.29, 1.82) is 0 Å². The number of carbonyl (C=O) groups excluding carboxylic acids is 1. The zero-order chi connectivity index (χ0) is 18.7. The van der Waals surface area contributed by atoms with E-state index in [-0.39, 0.29) is 10.7 Å². The first-order chi connectivity index (χ1) is 12.4.